The average molecular weight is 337 g/mol. The fraction of sp³-hybridized carbons (Fsp3) is 0.636. The molecule has 0 aliphatic rings. The van der Waals surface area contributed by atoms with Gasteiger partial charge < -0.3 is 30.1 Å². The van der Waals surface area contributed by atoms with Crippen LogP contribution >= 0.6 is 7.60 Å². The highest BCUT2D eigenvalue weighted by atomic mass is 31.2. The number of aliphatic hydroxyl groups is 2. The molecule has 0 aliphatic carbocycles. The third-order valence-electron chi connectivity index (χ3n) is 2.57. The van der Waals surface area contributed by atoms with Crippen LogP contribution in [0.4, 0.5) is 5.82 Å². The molecule has 0 aliphatic heterocycles. The van der Waals surface area contributed by atoms with Crippen LogP contribution < -0.4 is 11.4 Å². The summed E-state index contributed by atoms with van der Waals surface area (Å²) >= 11 is 0. The van der Waals surface area contributed by atoms with Crippen LogP contribution in [0.3, 0.4) is 0 Å². The molecule has 1 rings (SSSR count). The molecule has 2 atom stereocenters. The number of rotatable bonds is 10. The third kappa shape index (κ3) is 6.65. The first-order valence-corrected chi connectivity index (χ1v) is 8.27. The fourth-order valence-corrected chi connectivity index (χ4v) is 2.36. The Bertz CT molecular complexity index is 565. The van der Waals surface area contributed by atoms with Crippen LogP contribution in [-0.4, -0.2) is 56.9 Å². The van der Waals surface area contributed by atoms with E-state index in [1.54, 1.807) is 0 Å². The number of nitrogens with zero attached hydrogens (tertiary/aromatic N) is 2. The van der Waals surface area contributed by atoms with E-state index in [-0.39, 0.29) is 32.0 Å². The van der Waals surface area contributed by atoms with Gasteiger partial charge in [0.05, 0.1) is 25.9 Å². The summed E-state index contributed by atoms with van der Waals surface area (Å²) < 4.78 is 22.6. The molecule has 0 spiro atoms. The molecule has 1 aromatic heterocycles. The van der Waals surface area contributed by atoms with Crippen molar-refractivity contribution in [3.63, 3.8) is 0 Å². The Kier molecular flexibility index (Phi) is 7.66. The van der Waals surface area contributed by atoms with Crippen LogP contribution in [0.2, 0.25) is 0 Å². The molecule has 0 saturated carbocycles. The Labute approximate surface area is 126 Å². The molecule has 11 heteroatoms. The lowest BCUT2D eigenvalue weighted by molar-refractivity contribution is 0.0165. The van der Waals surface area contributed by atoms with Crippen LogP contribution in [0.1, 0.15) is 6.42 Å². The molecule has 126 valence electrons. The second-order valence-electron chi connectivity index (χ2n) is 4.44. The SMILES string of the molecule is Nc1ccn(CC(CO)OCP(=O)(O)OCCCO)c(=O)n1. The summed E-state index contributed by atoms with van der Waals surface area (Å²) in [5.74, 6) is 0.0693. The molecule has 0 aromatic carbocycles. The van der Waals surface area contributed by atoms with E-state index in [4.69, 9.17) is 20.1 Å². The summed E-state index contributed by atoms with van der Waals surface area (Å²) in [6.45, 7) is -0.765. The van der Waals surface area contributed by atoms with E-state index in [1.807, 2.05) is 0 Å². The van der Waals surface area contributed by atoms with E-state index in [0.717, 1.165) is 4.57 Å². The zero-order chi connectivity index (χ0) is 16.6. The number of nitrogens with two attached hydrogens (primary N) is 1. The van der Waals surface area contributed by atoms with Crippen molar-refractivity contribution in [3.05, 3.63) is 22.7 Å². The van der Waals surface area contributed by atoms with Crippen molar-refractivity contribution < 1.29 is 28.9 Å². The smallest absolute Gasteiger partial charge is 0.353 e. The summed E-state index contributed by atoms with van der Waals surface area (Å²) in [5, 5.41) is 17.8. The quantitative estimate of drug-likeness (QED) is 0.302. The Hall–Kier alpha value is -1.29. The molecule has 2 unspecified atom stereocenters. The molecule has 1 aromatic rings. The number of hydrogen-bond donors (Lipinski definition) is 4. The first-order chi connectivity index (χ1) is 10.4. The number of ether oxygens (including phenoxy) is 1. The van der Waals surface area contributed by atoms with Gasteiger partial charge in [0.15, 0.2) is 0 Å². The lowest BCUT2D eigenvalue weighted by Crippen LogP contribution is -2.32. The van der Waals surface area contributed by atoms with E-state index < -0.39 is 32.3 Å². The molecule has 5 N–H and O–H groups in total. The predicted molar refractivity (Wildman–Crippen MR) is 77.2 cm³/mol. The minimum Gasteiger partial charge on any atom is -0.396 e. The Morgan fingerprint density at radius 1 is 1.45 bits per heavy atom. The standard InChI is InChI=1S/C11H20N3O7P/c12-10-2-3-14(11(17)13-10)6-9(7-16)20-8-22(18,19)21-5-1-4-15/h2-3,9,15-16H,1,4-8H2,(H,18,19)(H2,12,13,17). The van der Waals surface area contributed by atoms with Crippen LogP contribution in [-0.2, 0) is 20.4 Å². The molecule has 0 bridgehead atoms. The van der Waals surface area contributed by atoms with Crippen LogP contribution in [0.25, 0.3) is 0 Å². The molecule has 1 heterocycles. The largest absolute Gasteiger partial charge is 0.396 e. The zero-order valence-corrected chi connectivity index (χ0v) is 12.8. The van der Waals surface area contributed by atoms with Gasteiger partial charge in [-0.15, -0.1) is 0 Å². The van der Waals surface area contributed by atoms with Crippen LogP contribution in [0, 0.1) is 0 Å². The predicted octanol–water partition coefficient (Wildman–Crippen LogP) is -1.26. The number of nitrogen functional groups attached to an aromatic ring is 1. The molecule has 10 nitrogen and oxygen atoms in total. The van der Waals surface area contributed by atoms with E-state index in [1.165, 1.54) is 12.3 Å². The van der Waals surface area contributed by atoms with E-state index >= 15 is 0 Å². The van der Waals surface area contributed by atoms with Gasteiger partial charge in [0.25, 0.3) is 0 Å². The highest BCUT2D eigenvalue weighted by molar-refractivity contribution is 7.52. The highest BCUT2D eigenvalue weighted by Gasteiger charge is 2.22. The van der Waals surface area contributed by atoms with Gasteiger partial charge in [-0.25, -0.2) is 4.79 Å². The molecular formula is C11H20N3O7P. The maximum atomic E-state index is 11.6. The van der Waals surface area contributed by atoms with Gasteiger partial charge in [-0.05, 0) is 12.5 Å². The molecule has 22 heavy (non-hydrogen) atoms. The monoisotopic (exact) mass is 337 g/mol. The normalized spacial score (nSPS) is 15.4. The van der Waals surface area contributed by atoms with Gasteiger partial charge in [0.2, 0.25) is 0 Å². The van der Waals surface area contributed by atoms with Crippen LogP contribution in [0.15, 0.2) is 17.1 Å². The topological polar surface area (TPSA) is 157 Å². The maximum absolute atomic E-state index is 11.6. The van der Waals surface area contributed by atoms with Crippen molar-refractivity contribution in [2.45, 2.75) is 19.1 Å². The Balaban J connectivity index is 2.54. The highest BCUT2D eigenvalue weighted by Crippen LogP contribution is 2.42. The molecular weight excluding hydrogens is 317 g/mol. The number of aromatic nitrogens is 2. The van der Waals surface area contributed by atoms with Gasteiger partial charge in [-0.3, -0.25) is 9.13 Å². The molecule has 0 amide bonds. The number of aliphatic hydroxyl groups excluding tert-OH is 2. The second kappa shape index (κ2) is 8.99. The third-order valence-corrected chi connectivity index (χ3v) is 3.63. The van der Waals surface area contributed by atoms with Crippen LogP contribution in [0.5, 0.6) is 0 Å². The van der Waals surface area contributed by atoms with Crippen molar-refractivity contribution >= 4 is 13.4 Å². The lowest BCUT2D eigenvalue weighted by atomic mass is 10.3. The minimum atomic E-state index is -3.98. The van der Waals surface area contributed by atoms with E-state index in [0.29, 0.717) is 0 Å². The van der Waals surface area contributed by atoms with E-state index in [9.17, 15) is 19.4 Å². The zero-order valence-electron chi connectivity index (χ0n) is 11.9. The van der Waals surface area contributed by atoms with Crippen molar-refractivity contribution in [2.75, 3.05) is 31.9 Å². The Morgan fingerprint density at radius 2 is 2.18 bits per heavy atom. The number of hydrogen-bond acceptors (Lipinski definition) is 8. The molecule has 0 radical (unpaired) electrons. The second-order valence-corrected chi connectivity index (χ2v) is 6.23. The fourth-order valence-electron chi connectivity index (χ4n) is 1.47. The van der Waals surface area contributed by atoms with Crippen molar-refractivity contribution in [2.24, 2.45) is 0 Å². The minimum absolute atomic E-state index is 0.0563. The van der Waals surface area contributed by atoms with Crippen molar-refractivity contribution in [1.29, 1.82) is 0 Å². The van der Waals surface area contributed by atoms with Gasteiger partial charge in [0.1, 0.15) is 12.2 Å². The van der Waals surface area contributed by atoms with Gasteiger partial charge in [-0.1, -0.05) is 0 Å². The summed E-state index contributed by atoms with van der Waals surface area (Å²) in [6, 6.07) is 1.41. The van der Waals surface area contributed by atoms with Crippen molar-refractivity contribution in [3.8, 4) is 0 Å². The molecule has 0 saturated heterocycles. The maximum Gasteiger partial charge on any atom is 0.353 e. The summed E-state index contributed by atoms with van der Waals surface area (Å²) in [7, 11) is -3.98. The first kappa shape index (κ1) is 18.8. The first-order valence-electron chi connectivity index (χ1n) is 6.50. The van der Waals surface area contributed by atoms with Gasteiger partial charge in [0, 0.05) is 12.8 Å². The van der Waals surface area contributed by atoms with E-state index in [2.05, 4.69) is 4.98 Å². The average Bonchev–Trinajstić information content (AvgIpc) is 2.45. The van der Waals surface area contributed by atoms with Gasteiger partial charge in [-0.2, -0.15) is 4.98 Å². The van der Waals surface area contributed by atoms with Crippen molar-refractivity contribution in [1.82, 2.24) is 9.55 Å². The van der Waals surface area contributed by atoms with Gasteiger partial charge >= 0.3 is 13.3 Å². The Morgan fingerprint density at radius 3 is 2.77 bits per heavy atom. The number of anilines is 1. The molecule has 0 fully saturated rings. The summed E-state index contributed by atoms with van der Waals surface area (Å²) in [5.41, 5.74) is 4.74. The summed E-state index contributed by atoms with van der Waals surface area (Å²) in [6.07, 6.45) is 0.0823. The lowest BCUT2D eigenvalue weighted by Gasteiger charge is -2.18. The summed E-state index contributed by atoms with van der Waals surface area (Å²) in [4.78, 5) is 24.6.